The molecule has 2 unspecified atom stereocenters. The van der Waals surface area contributed by atoms with Gasteiger partial charge in [-0.2, -0.15) is 0 Å². The minimum atomic E-state index is -0.230. The zero-order valence-corrected chi connectivity index (χ0v) is 18.5. The SMILES string of the molecule is COc1cc(CCN)ccc1OCC(=O)N1CC(C)N(Cc2ccc(F)cc2)CC1C. The van der Waals surface area contributed by atoms with Crippen LogP contribution in [0.4, 0.5) is 4.39 Å². The van der Waals surface area contributed by atoms with Gasteiger partial charge in [0, 0.05) is 31.7 Å². The molecule has 0 aromatic heterocycles. The number of hydrogen-bond donors (Lipinski definition) is 1. The van der Waals surface area contributed by atoms with Gasteiger partial charge in [-0.15, -0.1) is 0 Å². The molecule has 0 bridgehead atoms. The first-order valence-corrected chi connectivity index (χ1v) is 10.7. The van der Waals surface area contributed by atoms with Crippen molar-refractivity contribution in [1.29, 1.82) is 0 Å². The Labute approximate surface area is 183 Å². The van der Waals surface area contributed by atoms with Gasteiger partial charge in [0.25, 0.3) is 5.91 Å². The van der Waals surface area contributed by atoms with E-state index in [-0.39, 0.29) is 30.4 Å². The molecular formula is C24H32FN3O3. The molecule has 3 rings (SSSR count). The molecule has 2 aromatic rings. The standard InChI is InChI=1S/C24H32FN3O3/c1-17-14-28(18(2)13-27(17)15-20-4-7-21(25)8-5-20)24(29)16-31-22-9-6-19(10-11-26)12-23(22)30-3/h4-9,12,17-18H,10-11,13-16,26H2,1-3H3. The minimum Gasteiger partial charge on any atom is -0.493 e. The lowest BCUT2D eigenvalue weighted by Gasteiger charge is -2.44. The fourth-order valence-electron chi connectivity index (χ4n) is 3.97. The maximum absolute atomic E-state index is 13.2. The van der Waals surface area contributed by atoms with Crippen LogP contribution in [0.15, 0.2) is 42.5 Å². The van der Waals surface area contributed by atoms with E-state index in [4.69, 9.17) is 15.2 Å². The van der Waals surface area contributed by atoms with E-state index < -0.39 is 0 Å². The number of piperazine rings is 1. The van der Waals surface area contributed by atoms with Gasteiger partial charge in [0.1, 0.15) is 5.82 Å². The molecule has 168 valence electrons. The Bertz CT molecular complexity index is 875. The second-order valence-corrected chi connectivity index (χ2v) is 8.11. The van der Waals surface area contributed by atoms with Gasteiger partial charge in [-0.3, -0.25) is 9.69 Å². The lowest BCUT2D eigenvalue weighted by molar-refractivity contribution is -0.139. The first-order chi connectivity index (χ1) is 14.9. The number of nitrogens with two attached hydrogens (primary N) is 1. The Morgan fingerprint density at radius 1 is 1.06 bits per heavy atom. The van der Waals surface area contributed by atoms with Crippen LogP contribution in [0, 0.1) is 5.82 Å². The van der Waals surface area contributed by atoms with E-state index in [0.717, 1.165) is 30.6 Å². The molecule has 2 N–H and O–H groups in total. The molecule has 1 heterocycles. The summed E-state index contributed by atoms with van der Waals surface area (Å²) < 4.78 is 24.4. The normalized spacial score (nSPS) is 19.3. The highest BCUT2D eigenvalue weighted by molar-refractivity contribution is 5.78. The van der Waals surface area contributed by atoms with Crippen molar-refractivity contribution in [2.75, 3.05) is 33.4 Å². The number of methoxy groups -OCH3 is 1. The quantitative estimate of drug-likeness (QED) is 0.699. The summed E-state index contributed by atoms with van der Waals surface area (Å²) in [6.07, 6.45) is 0.757. The summed E-state index contributed by atoms with van der Waals surface area (Å²) in [5.41, 5.74) is 7.74. The largest absolute Gasteiger partial charge is 0.493 e. The fraction of sp³-hybridized carbons (Fsp3) is 0.458. The molecule has 6 nitrogen and oxygen atoms in total. The van der Waals surface area contributed by atoms with E-state index in [1.807, 2.05) is 42.2 Å². The Hall–Kier alpha value is -2.64. The molecule has 0 spiro atoms. The monoisotopic (exact) mass is 429 g/mol. The number of hydrogen-bond acceptors (Lipinski definition) is 5. The molecule has 1 aliphatic rings. The predicted molar refractivity (Wildman–Crippen MR) is 119 cm³/mol. The van der Waals surface area contributed by atoms with Gasteiger partial charge in [0.2, 0.25) is 0 Å². The highest BCUT2D eigenvalue weighted by Crippen LogP contribution is 2.28. The molecule has 7 heteroatoms. The third-order valence-electron chi connectivity index (χ3n) is 5.75. The van der Waals surface area contributed by atoms with Gasteiger partial charge in [0.15, 0.2) is 18.1 Å². The van der Waals surface area contributed by atoms with Crippen LogP contribution in [-0.4, -0.2) is 61.1 Å². The number of amides is 1. The van der Waals surface area contributed by atoms with Crippen LogP contribution in [0.5, 0.6) is 11.5 Å². The second-order valence-electron chi connectivity index (χ2n) is 8.11. The van der Waals surface area contributed by atoms with E-state index in [9.17, 15) is 9.18 Å². The van der Waals surface area contributed by atoms with Crippen LogP contribution in [0.3, 0.4) is 0 Å². The molecule has 2 aromatic carbocycles. The number of carbonyl (C=O) groups is 1. The number of rotatable bonds is 8. The third kappa shape index (κ3) is 5.95. The van der Waals surface area contributed by atoms with Crippen LogP contribution in [0.2, 0.25) is 0 Å². The number of benzene rings is 2. The second kappa shape index (κ2) is 10.6. The zero-order valence-electron chi connectivity index (χ0n) is 18.5. The number of ether oxygens (including phenoxy) is 2. The van der Waals surface area contributed by atoms with Crippen LogP contribution in [0.25, 0.3) is 0 Å². The first kappa shape index (κ1) is 23.0. The van der Waals surface area contributed by atoms with E-state index in [1.165, 1.54) is 12.1 Å². The summed E-state index contributed by atoms with van der Waals surface area (Å²) in [5.74, 6) is 0.872. The van der Waals surface area contributed by atoms with Crippen molar-refractivity contribution >= 4 is 5.91 Å². The number of carbonyl (C=O) groups excluding carboxylic acids is 1. The van der Waals surface area contributed by atoms with Gasteiger partial charge in [-0.1, -0.05) is 18.2 Å². The van der Waals surface area contributed by atoms with Gasteiger partial charge < -0.3 is 20.1 Å². The fourth-order valence-corrected chi connectivity index (χ4v) is 3.97. The van der Waals surface area contributed by atoms with Crippen molar-refractivity contribution in [2.24, 2.45) is 5.73 Å². The maximum atomic E-state index is 13.2. The van der Waals surface area contributed by atoms with Crippen molar-refractivity contribution < 1.29 is 18.7 Å². The van der Waals surface area contributed by atoms with Crippen molar-refractivity contribution in [1.82, 2.24) is 9.80 Å². The van der Waals surface area contributed by atoms with E-state index >= 15 is 0 Å². The number of nitrogens with zero attached hydrogens (tertiary/aromatic N) is 2. The third-order valence-corrected chi connectivity index (χ3v) is 5.75. The molecule has 2 atom stereocenters. The summed E-state index contributed by atoms with van der Waals surface area (Å²) in [6, 6.07) is 12.5. The smallest absolute Gasteiger partial charge is 0.260 e. The zero-order chi connectivity index (χ0) is 22.4. The van der Waals surface area contributed by atoms with Crippen molar-refractivity contribution in [3.05, 3.63) is 59.4 Å². The summed E-state index contributed by atoms with van der Waals surface area (Å²) in [6.45, 7) is 6.78. The first-order valence-electron chi connectivity index (χ1n) is 10.7. The topological polar surface area (TPSA) is 68.0 Å². The van der Waals surface area contributed by atoms with E-state index in [0.29, 0.717) is 24.6 Å². The Morgan fingerprint density at radius 2 is 1.77 bits per heavy atom. The van der Waals surface area contributed by atoms with Crippen LogP contribution < -0.4 is 15.2 Å². The average molecular weight is 430 g/mol. The predicted octanol–water partition coefficient (Wildman–Crippen LogP) is 2.84. The van der Waals surface area contributed by atoms with Crippen LogP contribution in [-0.2, 0) is 17.8 Å². The minimum absolute atomic E-state index is 0.0401. The Morgan fingerprint density at radius 3 is 2.45 bits per heavy atom. The molecule has 1 saturated heterocycles. The van der Waals surface area contributed by atoms with Gasteiger partial charge in [-0.25, -0.2) is 4.39 Å². The summed E-state index contributed by atoms with van der Waals surface area (Å²) >= 11 is 0. The Kier molecular flexibility index (Phi) is 7.87. The lowest BCUT2D eigenvalue weighted by atomic mass is 10.1. The molecule has 1 fully saturated rings. The van der Waals surface area contributed by atoms with Crippen LogP contribution >= 0.6 is 0 Å². The van der Waals surface area contributed by atoms with Gasteiger partial charge in [-0.05, 0) is 62.2 Å². The molecule has 1 amide bonds. The molecule has 0 aliphatic carbocycles. The Balaban J connectivity index is 1.57. The molecule has 31 heavy (non-hydrogen) atoms. The highest BCUT2D eigenvalue weighted by atomic mass is 19.1. The van der Waals surface area contributed by atoms with Gasteiger partial charge in [0.05, 0.1) is 7.11 Å². The van der Waals surface area contributed by atoms with E-state index in [2.05, 4.69) is 11.8 Å². The average Bonchev–Trinajstić information content (AvgIpc) is 2.76. The molecule has 0 radical (unpaired) electrons. The van der Waals surface area contributed by atoms with Crippen molar-refractivity contribution in [3.63, 3.8) is 0 Å². The molecular weight excluding hydrogens is 397 g/mol. The van der Waals surface area contributed by atoms with Crippen LogP contribution in [0.1, 0.15) is 25.0 Å². The number of halogens is 1. The molecule has 1 aliphatic heterocycles. The molecule has 0 saturated carbocycles. The van der Waals surface area contributed by atoms with Gasteiger partial charge >= 0.3 is 0 Å². The summed E-state index contributed by atoms with van der Waals surface area (Å²) in [7, 11) is 1.58. The lowest BCUT2D eigenvalue weighted by Crippen LogP contribution is -2.58. The van der Waals surface area contributed by atoms with Crippen molar-refractivity contribution in [2.45, 2.75) is 38.9 Å². The summed E-state index contributed by atoms with van der Waals surface area (Å²) in [5, 5.41) is 0. The summed E-state index contributed by atoms with van der Waals surface area (Å²) in [4.78, 5) is 17.1. The highest BCUT2D eigenvalue weighted by Gasteiger charge is 2.32. The van der Waals surface area contributed by atoms with Crippen molar-refractivity contribution in [3.8, 4) is 11.5 Å². The maximum Gasteiger partial charge on any atom is 0.260 e. The van der Waals surface area contributed by atoms with E-state index in [1.54, 1.807) is 7.11 Å².